The Kier molecular flexibility index (Phi) is 6.79. The first-order valence-corrected chi connectivity index (χ1v) is 7.35. The Balaban J connectivity index is 2.89. The lowest BCUT2D eigenvalue weighted by Crippen LogP contribution is -2.17. The number of Topliss-reactive ketones (excluding diaryl/α,β-unsaturated/α-hetero) is 1. The molecule has 0 amide bonds. The summed E-state index contributed by atoms with van der Waals surface area (Å²) >= 11 is 1.46. The van der Waals surface area contributed by atoms with Crippen LogP contribution >= 0.6 is 11.3 Å². The number of carbonyl (C=O) groups is 2. The molecular weight excluding hydrogens is 278 g/mol. The van der Waals surface area contributed by atoms with Gasteiger partial charge in [0, 0.05) is 23.4 Å². The van der Waals surface area contributed by atoms with Gasteiger partial charge in [0.05, 0.1) is 19.4 Å². The van der Waals surface area contributed by atoms with Gasteiger partial charge in [-0.1, -0.05) is 6.92 Å². The van der Waals surface area contributed by atoms with Crippen LogP contribution in [0, 0.1) is 0 Å². The third-order valence-electron chi connectivity index (χ3n) is 2.49. The molecule has 1 aromatic heterocycles. The lowest BCUT2D eigenvalue weighted by Gasteiger charge is -2.07. The zero-order valence-corrected chi connectivity index (χ0v) is 12.7. The molecule has 1 heterocycles. The highest BCUT2D eigenvalue weighted by Gasteiger charge is 2.18. The summed E-state index contributed by atoms with van der Waals surface area (Å²) in [5.74, 6) is -0.169. The van der Waals surface area contributed by atoms with Gasteiger partial charge in [-0.2, -0.15) is 0 Å². The fraction of sp³-hybridized carbons (Fsp3) is 0.429. The topological polar surface area (TPSA) is 64.6 Å². The molecule has 1 N–H and O–H groups in total. The summed E-state index contributed by atoms with van der Waals surface area (Å²) in [5.41, 5.74) is 0.741. The van der Waals surface area contributed by atoms with Crippen LogP contribution in [0.5, 0.6) is 5.75 Å². The monoisotopic (exact) mass is 297 g/mol. The molecule has 0 atom stereocenters. The Morgan fingerprint density at radius 1 is 1.35 bits per heavy atom. The van der Waals surface area contributed by atoms with E-state index in [0.29, 0.717) is 24.3 Å². The Labute approximate surface area is 122 Å². The van der Waals surface area contributed by atoms with Crippen molar-refractivity contribution in [3.8, 4) is 5.75 Å². The fourth-order valence-corrected chi connectivity index (χ4v) is 2.26. The minimum absolute atomic E-state index is 0.0296. The zero-order valence-electron chi connectivity index (χ0n) is 11.9. The predicted molar refractivity (Wildman–Crippen MR) is 79.1 cm³/mol. The van der Waals surface area contributed by atoms with Crippen molar-refractivity contribution in [2.75, 3.05) is 19.0 Å². The van der Waals surface area contributed by atoms with Crippen LogP contribution in [-0.2, 0) is 14.3 Å². The summed E-state index contributed by atoms with van der Waals surface area (Å²) in [5, 5.41) is 6.59. The number of thiophene rings is 1. The zero-order chi connectivity index (χ0) is 15.0. The van der Waals surface area contributed by atoms with Crippen LogP contribution in [-0.4, -0.2) is 25.5 Å². The third kappa shape index (κ3) is 4.38. The number of esters is 1. The molecule has 0 aliphatic rings. The molecule has 0 saturated heterocycles. The maximum atomic E-state index is 11.9. The predicted octanol–water partition coefficient (Wildman–Crippen LogP) is 2.98. The van der Waals surface area contributed by atoms with E-state index >= 15 is 0 Å². The molecule has 0 unspecified atom stereocenters. The largest absolute Gasteiger partial charge is 0.494 e. The number of rotatable bonds is 8. The normalized spacial score (nSPS) is 11.1. The van der Waals surface area contributed by atoms with Crippen LogP contribution < -0.4 is 10.1 Å². The van der Waals surface area contributed by atoms with Crippen LogP contribution in [0.2, 0.25) is 0 Å². The van der Waals surface area contributed by atoms with E-state index < -0.39 is 5.97 Å². The molecule has 5 nitrogen and oxygen atoms in total. The Hall–Kier alpha value is -1.82. The molecule has 1 rings (SSSR count). The van der Waals surface area contributed by atoms with Gasteiger partial charge in [-0.15, -0.1) is 11.3 Å². The minimum atomic E-state index is -0.604. The molecule has 0 aliphatic heterocycles. The van der Waals surface area contributed by atoms with Gasteiger partial charge < -0.3 is 14.8 Å². The van der Waals surface area contributed by atoms with Crippen LogP contribution in [0.25, 0.3) is 0 Å². The molecule has 20 heavy (non-hydrogen) atoms. The summed E-state index contributed by atoms with van der Waals surface area (Å²) in [6.07, 6.45) is 2.38. The SMILES string of the molecule is CCCC(=O)C(=CNc1cscc1OC)C(=O)OCC. The Morgan fingerprint density at radius 3 is 2.70 bits per heavy atom. The number of hydrogen-bond acceptors (Lipinski definition) is 6. The molecule has 0 saturated carbocycles. The minimum Gasteiger partial charge on any atom is -0.494 e. The Bertz CT molecular complexity index is 473. The van der Waals surface area contributed by atoms with Gasteiger partial charge in [-0.25, -0.2) is 4.79 Å². The molecular formula is C14H19NO4S. The van der Waals surface area contributed by atoms with E-state index in [1.165, 1.54) is 17.5 Å². The van der Waals surface area contributed by atoms with Gasteiger partial charge in [0.2, 0.25) is 0 Å². The van der Waals surface area contributed by atoms with E-state index in [2.05, 4.69) is 5.32 Å². The van der Waals surface area contributed by atoms with Crippen LogP contribution in [0.4, 0.5) is 5.69 Å². The average molecular weight is 297 g/mol. The van der Waals surface area contributed by atoms with E-state index in [1.807, 2.05) is 17.7 Å². The molecule has 6 heteroatoms. The smallest absolute Gasteiger partial charge is 0.343 e. The number of anilines is 1. The van der Waals surface area contributed by atoms with Crippen LogP contribution in [0.3, 0.4) is 0 Å². The number of nitrogens with one attached hydrogen (secondary N) is 1. The first-order chi connectivity index (χ1) is 9.63. The molecule has 1 aromatic rings. The van der Waals surface area contributed by atoms with Crippen molar-refractivity contribution >= 4 is 28.8 Å². The highest BCUT2D eigenvalue weighted by molar-refractivity contribution is 7.08. The quantitative estimate of drug-likeness (QED) is 0.346. The van der Waals surface area contributed by atoms with E-state index in [-0.39, 0.29) is 18.0 Å². The van der Waals surface area contributed by atoms with E-state index in [4.69, 9.17) is 9.47 Å². The molecule has 0 aromatic carbocycles. The second kappa shape index (κ2) is 8.37. The van der Waals surface area contributed by atoms with Gasteiger partial charge in [-0.05, 0) is 13.3 Å². The number of carbonyl (C=O) groups excluding carboxylic acids is 2. The van der Waals surface area contributed by atoms with E-state index in [1.54, 1.807) is 14.0 Å². The second-order valence-corrected chi connectivity index (χ2v) is 4.69. The van der Waals surface area contributed by atoms with Gasteiger partial charge >= 0.3 is 5.97 Å². The summed E-state index contributed by atoms with van der Waals surface area (Å²) in [6, 6.07) is 0. The van der Waals surface area contributed by atoms with Gasteiger partial charge in [0.1, 0.15) is 5.57 Å². The molecule has 110 valence electrons. The molecule has 0 fully saturated rings. The second-order valence-electron chi connectivity index (χ2n) is 3.95. The maximum Gasteiger partial charge on any atom is 0.343 e. The molecule has 0 spiro atoms. The molecule has 0 aliphatic carbocycles. The maximum absolute atomic E-state index is 11.9. The number of methoxy groups -OCH3 is 1. The standard InChI is InChI=1S/C14H19NO4S/c1-4-6-12(16)10(14(17)19-5-2)7-15-11-8-20-9-13(11)18-3/h7-9,15H,4-6H2,1-3H3. The van der Waals surface area contributed by atoms with Crippen molar-refractivity contribution in [2.24, 2.45) is 0 Å². The summed E-state index contributed by atoms with van der Waals surface area (Å²) < 4.78 is 10.1. The summed E-state index contributed by atoms with van der Waals surface area (Å²) in [4.78, 5) is 23.7. The van der Waals surface area contributed by atoms with Crippen molar-refractivity contribution in [1.82, 2.24) is 0 Å². The first kappa shape index (κ1) is 16.2. The van der Waals surface area contributed by atoms with Crippen LogP contribution in [0.15, 0.2) is 22.5 Å². The van der Waals surface area contributed by atoms with Crippen LogP contribution in [0.1, 0.15) is 26.7 Å². The highest BCUT2D eigenvalue weighted by Crippen LogP contribution is 2.28. The average Bonchev–Trinajstić information content (AvgIpc) is 2.87. The van der Waals surface area contributed by atoms with Crippen molar-refractivity contribution < 1.29 is 19.1 Å². The van der Waals surface area contributed by atoms with Gasteiger partial charge in [-0.3, -0.25) is 4.79 Å². The van der Waals surface area contributed by atoms with Gasteiger partial charge in [0.25, 0.3) is 0 Å². The first-order valence-electron chi connectivity index (χ1n) is 6.41. The number of ether oxygens (including phenoxy) is 2. The fourth-order valence-electron chi connectivity index (χ4n) is 1.52. The van der Waals surface area contributed by atoms with E-state index in [9.17, 15) is 9.59 Å². The van der Waals surface area contributed by atoms with E-state index in [0.717, 1.165) is 0 Å². The molecule has 0 bridgehead atoms. The lowest BCUT2D eigenvalue weighted by atomic mass is 10.1. The Morgan fingerprint density at radius 2 is 2.10 bits per heavy atom. The highest BCUT2D eigenvalue weighted by atomic mass is 32.1. The van der Waals surface area contributed by atoms with Crippen molar-refractivity contribution in [1.29, 1.82) is 0 Å². The molecule has 0 radical (unpaired) electrons. The van der Waals surface area contributed by atoms with Gasteiger partial charge in [0.15, 0.2) is 11.5 Å². The van der Waals surface area contributed by atoms with Crippen molar-refractivity contribution in [3.05, 3.63) is 22.5 Å². The summed E-state index contributed by atoms with van der Waals surface area (Å²) in [7, 11) is 1.56. The number of ketones is 1. The number of hydrogen-bond donors (Lipinski definition) is 1. The van der Waals surface area contributed by atoms with Crippen molar-refractivity contribution in [3.63, 3.8) is 0 Å². The third-order valence-corrected chi connectivity index (χ3v) is 3.21. The van der Waals surface area contributed by atoms with Crippen molar-refractivity contribution in [2.45, 2.75) is 26.7 Å². The lowest BCUT2D eigenvalue weighted by molar-refractivity contribution is -0.140. The summed E-state index contributed by atoms with van der Waals surface area (Å²) in [6.45, 7) is 3.82.